The van der Waals surface area contributed by atoms with E-state index in [0.717, 1.165) is 89.0 Å². The number of furan rings is 1. The smallest absolute Gasteiger partial charge is 0.251 e. The van der Waals surface area contributed by atoms with Gasteiger partial charge in [0.1, 0.15) is 5.76 Å². The SMILES string of the molecule is CNC(=O)c1cccc(CCNC(=NCCCN2CCOCC2)NCCc2ccco2)c1.I. The van der Waals surface area contributed by atoms with Gasteiger partial charge in [0, 0.05) is 58.3 Å². The summed E-state index contributed by atoms with van der Waals surface area (Å²) in [5.41, 5.74) is 1.79. The van der Waals surface area contributed by atoms with Crippen molar-refractivity contribution in [3.8, 4) is 0 Å². The molecule has 1 aliphatic heterocycles. The Labute approximate surface area is 213 Å². The number of benzene rings is 1. The number of halogens is 1. The van der Waals surface area contributed by atoms with Gasteiger partial charge in [-0.15, -0.1) is 24.0 Å². The van der Waals surface area contributed by atoms with Gasteiger partial charge in [-0.2, -0.15) is 0 Å². The molecule has 1 amide bonds. The molecule has 33 heavy (non-hydrogen) atoms. The van der Waals surface area contributed by atoms with Gasteiger partial charge in [0.2, 0.25) is 0 Å². The van der Waals surface area contributed by atoms with E-state index < -0.39 is 0 Å². The maximum atomic E-state index is 11.9. The van der Waals surface area contributed by atoms with Gasteiger partial charge in [-0.1, -0.05) is 12.1 Å². The van der Waals surface area contributed by atoms with E-state index in [0.29, 0.717) is 5.56 Å². The predicted molar refractivity (Wildman–Crippen MR) is 142 cm³/mol. The minimum atomic E-state index is -0.0677. The fourth-order valence-electron chi connectivity index (χ4n) is 3.58. The highest BCUT2D eigenvalue weighted by Crippen LogP contribution is 2.06. The second-order valence-corrected chi connectivity index (χ2v) is 7.75. The summed E-state index contributed by atoms with van der Waals surface area (Å²) in [5, 5.41) is 9.49. The lowest BCUT2D eigenvalue weighted by atomic mass is 10.1. The molecule has 0 aliphatic carbocycles. The fraction of sp³-hybridized carbons (Fsp3) is 0.500. The number of guanidine groups is 1. The van der Waals surface area contributed by atoms with Crippen LogP contribution in [0.5, 0.6) is 0 Å². The number of ether oxygens (including phenoxy) is 1. The first-order chi connectivity index (χ1) is 15.7. The van der Waals surface area contributed by atoms with E-state index in [4.69, 9.17) is 14.1 Å². The molecule has 0 unspecified atom stereocenters. The van der Waals surface area contributed by atoms with E-state index in [1.165, 1.54) is 0 Å². The van der Waals surface area contributed by atoms with Crippen LogP contribution in [0.15, 0.2) is 52.1 Å². The number of rotatable bonds is 11. The maximum absolute atomic E-state index is 11.9. The summed E-state index contributed by atoms with van der Waals surface area (Å²) in [6.45, 7) is 6.94. The zero-order valence-corrected chi connectivity index (χ0v) is 21.7. The summed E-state index contributed by atoms with van der Waals surface area (Å²) in [6.07, 6.45) is 4.31. The topological polar surface area (TPSA) is 91.1 Å². The van der Waals surface area contributed by atoms with Gasteiger partial charge in [-0.25, -0.2) is 0 Å². The molecule has 1 saturated heterocycles. The summed E-state index contributed by atoms with van der Waals surface area (Å²) in [5.74, 6) is 1.69. The van der Waals surface area contributed by atoms with E-state index in [9.17, 15) is 4.79 Å². The molecule has 1 aliphatic rings. The highest BCUT2D eigenvalue weighted by molar-refractivity contribution is 14.0. The Bertz CT molecular complexity index is 838. The van der Waals surface area contributed by atoms with Crippen LogP contribution in [-0.2, 0) is 17.6 Å². The second-order valence-electron chi connectivity index (χ2n) is 7.75. The average molecular weight is 569 g/mol. The van der Waals surface area contributed by atoms with Gasteiger partial charge >= 0.3 is 0 Å². The first-order valence-corrected chi connectivity index (χ1v) is 11.4. The van der Waals surface area contributed by atoms with Gasteiger partial charge in [0.25, 0.3) is 5.91 Å². The Morgan fingerprint density at radius 2 is 1.88 bits per heavy atom. The number of carbonyl (C=O) groups is 1. The molecule has 1 fully saturated rings. The largest absolute Gasteiger partial charge is 0.469 e. The Kier molecular flexibility index (Phi) is 12.9. The van der Waals surface area contributed by atoms with Crippen molar-refractivity contribution in [2.75, 3.05) is 59.5 Å². The van der Waals surface area contributed by atoms with Gasteiger partial charge < -0.3 is 25.1 Å². The van der Waals surface area contributed by atoms with Crippen molar-refractivity contribution in [2.45, 2.75) is 19.3 Å². The van der Waals surface area contributed by atoms with Crippen LogP contribution in [0.1, 0.15) is 28.1 Å². The quantitative estimate of drug-likeness (QED) is 0.167. The number of nitrogens with zero attached hydrogens (tertiary/aromatic N) is 2. The normalized spacial score (nSPS) is 14.4. The van der Waals surface area contributed by atoms with Crippen LogP contribution >= 0.6 is 24.0 Å². The zero-order chi connectivity index (χ0) is 22.4. The molecule has 0 spiro atoms. The Balaban J connectivity index is 0.00000385. The summed E-state index contributed by atoms with van der Waals surface area (Å²) >= 11 is 0. The third kappa shape index (κ3) is 10.1. The number of hydrogen-bond acceptors (Lipinski definition) is 5. The van der Waals surface area contributed by atoms with Gasteiger partial charge in [0.15, 0.2) is 5.96 Å². The molecule has 3 rings (SSSR count). The van der Waals surface area contributed by atoms with Crippen LogP contribution in [0.2, 0.25) is 0 Å². The zero-order valence-electron chi connectivity index (χ0n) is 19.3. The molecule has 2 aromatic rings. The molecule has 1 aromatic carbocycles. The molecule has 0 bridgehead atoms. The van der Waals surface area contributed by atoms with Crippen molar-refractivity contribution < 1.29 is 13.9 Å². The molecular weight excluding hydrogens is 533 g/mol. The number of aliphatic imine (C=N–C) groups is 1. The van der Waals surface area contributed by atoms with Crippen molar-refractivity contribution in [1.82, 2.24) is 20.9 Å². The minimum Gasteiger partial charge on any atom is -0.469 e. The van der Waals surface area contributed by atoms with Crippen LogP contribution in [0.25, 0.3) is 0 Å². The number of carbonyl (C=O) groups excluding carboxylic acids is 1. The number of amides is 1. The predicted octanol–water partition coefficient (Wildman–Crippen LogP) is 2.30. The summed E-state index contributed by atoms with van der Waals surface area (Å²) in [7, 11) is 1.65. The third-order valence-electron chi connectivity index (χ3n) is 5.37. The first kappa shape index (κ1) is 27.1. The number of nitrogens with one attached hydrogen (secondary N) is 3. The molecule has 0 atom stereocenters. The minimum absolute atomic E-state index is 0. The molecule has 9 heteroatoms. The van der Waals surface area contributed by atoms with Gasteiger partial charge in [-0.05, 0) is 42.7 Å². The lowest BCUT2D eigenvalue weighted by Crippen LogP contribution is -2.40. The van der Waals surface area contributed by atoms with Crippen molar-refractivity contribution >= 4 is 35.8 Å². The number of hydrogen-bond donors (Lipinski definition) is 3. The lowest BCUT2D eigenvalue weighted by molar-refractivity contribution is 0.0377. The molecule has 8 nitrogen and oxygen atoms in total. The Morgan fingerprint density at radius 3 is 2.61 bits per heavy atom. The molecule has 2 heterocycles. The Morgan fingerprint density at radius 1 is 1.09 bits per heavy atom. The van der Waals surface area contributed by atoms with Crippen molar-refractivity contribution in [3.05, 3.63) is 59.5 Å². The average Bonchev–Trinajstić information content (AvgIpc) is 3.35. The van der Waals surface area contributed by atoms with Crippen LogP contribution in [0.3, 0.4) is 0 Å². The molecule has 0 saturated carbocycles. The van der Waals surface area contributed by atoms with E-state index >= 15 is 0 Å². The Hall–Kier alpha value is -2.11. The fourth-order valence-corrected chi connectivity index (χ4v) is 3.58. The van der Waals surface area contributed by atoms with E-state index in [1.54, 1.807) is 13.3 Å². The van der Waals surface area contributed by atoms with E-state index in [-0.39, 0.29) is 29.9 Å². The molecule has 3 N–H and O–H groups in total. The van der Waals surface area contributed by atoms with Crippen molar-refractivity contribution in [2.24, 2.45) is 4.99 Å². The van der Waals surface area contributed by atoms with Crippen LogP contribution in [-0.4, -0.2) is 76.3 Å². The molecular formula is C24H36IN5O3. The number of morpholine rings is 1. The first-order valence-electron chi connectivity index (χ1n) is 11.4. The monoisotopic (exact) mass is 569 g/mol. The summed E-state index contributed by atoms with van der Waals surface area (Å²) < 4.78 is 10.8. The van der Waals surface area contributed by atoms with E-state index in [1.807, 2.05) is 36.4 Å². The molecule has 182 valence electrons. The van der Waals surface area contributed by atoms with Crippen LogP contribution in [0.4, 0.5) is 0 Å². The standard InChI is InChI=1S/C24H35N5O3.HI/c1-25-23(30)21-6-2-5-20(19-21)8-11-27-24(28-12-9-22-7-3-16-32-22)26-10-4-13-29-14-17-31-18-15-29;/h2-3,5-7,16,19H,4,8-15,17-18H2,1H3,(H,25,30)(H2,26,27,28);1H. The van der Waals surface area contributed by atoms with Gasteiger partial charge in [0.05, 0.1) is 19.5 Å². The second kappa shape index (κ2) is 15.7. The van der Waals surface area contributed by atoms with Crippen LogP contribution < -0.4 is 16.0 Å². The maximum Gasteiger partial charge on any atom is 0.251 e. The third-order valence-corrected chi connectivity index (χ3v) is 5.37. The highest BCUT2D eigenvalue weighted by atomic mass is 127. The summed E-state index contributed by atoms with van der Waals surface area (Å²) in [6, 6.07) is 11.6. The van der Waals surface area contributed by atoms with Crippen molar-refractivity contribution in [1.29, 1.82) is 0 Å². The molecule has 1 aromatic heterocycles. The van der Waals surface area contributed by atoms with Crippen molar-refractivity contribution in [3.63, 3.8) is 0 Å². The van der Waals surface area contributed by atoms with Gasteiger partial charge in [-0.3, -0.25) is 14.7 Å². The lowest BCUT2D eigenvalue weighted by Gasteiger charge is -2.26. The van der Waals surface area contributed by atoms with E-state index in [2.05, 4.69) is 20.9 Å². The summed E-state index contributed by atoms with van der Waals surface area (Å²) in [4.78, 5) is 19.0. The highest BCUT2D eigenvalue weighted by Gasteiger charge is 2.09. The van der Waals surface area contributed by atoms with Crippen LogP contribution in [0, 0.1) is 0 Å². The molecule has 0 radical (unpaired) electrons.